The summed E-state index contributed by atoms with van der Waals surface area (Å²) < 4.78 is 21.1. The van der Waals surface area contributed by atoms with E-state index in [9.17, 15) is 19.2 Å². The Morgan fingerprint density at radius 2 is 1.15 bits per heavy atom. The molecule has 0 aromatic carbocycles. The molecule has 0 aromatic rings. The average Bonchev–Trinajstić information content (AvgIpc) is 2.58. The van der Waals surface area contributed by atoms with Crippen molar-refractivity contribution < 1.29 is 38.1 Å². The second kappa shape index (κ2) is 9.77. The Balaban J connectivity index is 3.33. The molecule has 4 atom stereocenters. The van der Waals surface area contributed by atoms with E-state index in [0.29, 0.717) is 0 Å². The predicted molar refractivity (Wildman–Crippen MR) is 87.5 cm³/mol. The van der Waals surface area contributed by atoms with Gasteiger partial charge in [0.1, 0.15) is 0 Å². The molecule has 9 nitrogen and oxygen atoms in total. The SMILES string of the molecule is C#CCN1C[C@@H](OC(C)=O)[C@@H](OC(C)=O)[C@H](OC(C)=O)[C@H](OC(C)=O)C1. The van der Waals surface area contributed by atoms with E-state index in [-0.39, 0.29) is 19.6 Å². The van der Waals surface area contributed by atoms with Gasteiger partial charge in [-0.05, 0) is 0 Å². The van der Waals surface area contributed by atoms with Gasteiger partial charge in [0, 0.05) is 40.8 Å². The van der Waals surface area contributed by atoms with Gasteiger partial charge in [-0.15, -0.1) is 6.42 Å². The highest BCUT2D eigenvalue weighted by Gasteiger charge is 2.47. The normalized spacial score (nSPS) is 26.0. The van der Waals surface area contributed by atoms with Crippen molar-refractivity contribution in [2.24, 2.45) is 0 Å². The minimum atomic E-state index is -1.16. The lowest BCUT2D eigenvalue weighted by molar-refractivity contribution is -0.193. The number of hydrogen-bond acceptors (Lipinski definition) is 9. The third kappa shape index (κ3) is 6.72. The van der Waals surface area contributed by atoms with Crippen molar-refractivity contribution in [2.75, 3.05) is 19.6 Å². The van der Waals surface area contributed by atoms with Crippen LogP contribution in [-0.4, -0.2) is 72.8 Å². The van der Waals surface area contributed by atoms with Crippen molar-refractivity contribution in [2.45, 2.75) is 52.1 Å². The van der Waals surface area contributed by atoms with E-state index in [1.54, 1.807) is 4.90 Å². The van der Waals surface area contributed by atoms with Crippen LogP contribution in [-0.2, 0) is 38.1 Å². The van der Waals surface area contributed by atoms with Crippen molar-refractivity contribution >= 4 is 23.9 Å². The number of carbonyl (C=O) groups excluding carboxylic acids is 4. The Morgan fingerprint density at radius 1 is 0.808 bits per heavy atom. The second-order valence-corrected chi connectivity index (χ2v) is 5.84. The Bertz CT molecular complexity index is 552. The van der Waals surface area contributed by atoms with Gasteiger partial charge in [0.25, 0.3) is 0 Å². The van der Waals surface area contributed by atoms with Crippen LogP contribution < -0.4 is 0 Å². The van der Waals surface area contributed by atoms with E-state index in [2.05, 4.69) is 5.92 Å². The molecular weight excluding hydrogens is 346 g/mol. The molecule has 0 unspecified atom stereocenters. The number of carbonyl (C=O) groups is 4. The molecule has 0 saturated carbocycles. The van der Waals surface area contributed by atoms with E-state index in [4.69, 9.17) is 25.4 Å². The molecule has 0 aromatic heterocycles. The Morgan fingerprint density at radius 3 is 1.42 bits per heavy atom. The van der Waals surface area contributed by atoms with Crippen LogP contribution in [0.5, 0.6) is 0 Å². The van der Waals surface area contributed by atoms with Gasteiger partial charge in [-0.25, -0.2) is 0 Å². The molecule has 0 N–H and O–H groups in total. The summed E-state index contributed by atoms with van der Waals surface area (Å²) >= 11 is 0. The first-order valence-electron chi connectivity index (χ1n) is 7.98. The van der Waals surface area contributed by atoms with Crippen molar-refractivity contribution in [3.63, 3.8) is 0 Å². The van der Waals surface area contributed by atoms with Crippen molar-refractivity contribution in [3.05, 3.63) is 0 Å². The van der Waals surface area contributed by atoms with E-state index >= 15 is 0 Å². The molecule has 144 valence electrons. The summed E-state index contributed by atoms with van der Waals surface area (Å²) in [6.07, 6.45) is 1.11. The number of ether oxygens (including phenoxy) is 4. The number of hydrogen-bond donors (Lipinski definition) is 0. The monoisotopic (exact) mass is 369 g/mol. The molecule has 0 radical (unpaired) electrons. The molecule has 26 heavy (non-hydrogen) atoms. The lowest BCUT2D eigenvalue weighted by Gasteiger charge is -2.32. The minimum absolute atomic E-state index is 0.108. The average molecular weight is 369 g/mol. The Kier molecular flexibility index (Phi) is 8.06. The van der Waals surface area contributed by atoms with Crippen LogP contribution in [0.4, 0.5) is 0 Å². The molecule has 1 rings (SSSR count). The van der Waals surface area contributed by atoms with Gasteiger partial charge in [-0.1, -0.05) is 5.92 Å². The largest absolute Gasteiger partial charge is 0.457 e. The first kappa shape index (κ1) is 21.4. The quantitative estimate of drug-likeness (QED) is 0.365. The number of terminal acetylenes is 1. The Labute approximate surface area is 151 Å². The lowest BCUT2D eigenvalue weighted by Crippen LogP contribution is -2.51. The van der Waals surface area contributed by atoms with Gasteiger partial charge < -0.3 is 18.9 Å². The van der Waals surface area contributed by atoms with E-state index in [0.717, 1.165) is 0 Å². The summed E-state index contributed by atoms with van der Waals surface area (Å²) in [4.78, 5) is 47.8. The van der Waals surface area contributed by atoms with Gasteiger partial charge >= 0.3 is 23.9 Å². The number of likely N-dealkylation sites (tertiary alicyclic amines) is 1. The second-order valence-electron chi connectivity index (χ2n) is 5.84. The highest BCUT2D eigenvalue weighted by molar-refractivity contribution is 5.69. The zero-order chi connectivity index (χ0) is 19.9. The van der Waals surface area contributed by atoms with E-state index < -0.39 is 48.3 Å². The molecule has 1 aliphatic heterocycles. The van der Waals surface area contributed by atoms with Crippen LogP contribution in [0.1, 0.15) is 27.7 Å². The molecule has 0 spiro atoms. The molecule has 0 amide bonds. The summed E-state index contributed by atoms with van der Waals surface area (Å²) in [7, 11) is 0. The van der Waals surface area contributed by atoms with Crippen LogP contribution in [0.15, 0.2) is 0 Å². The highest BCUT2D eigenvalue weighted by Crippen LogP contribution is 2.24. The number of esters is 4. The Hall–Kier alpha value is -2.60. The van der Waals surface area contributed by atoms with Crippen LogP contribution in [0.3, 0.4) is 0 Å². The van der Waals surface area contributed by atoms with Crippen LogP contribution in [0.2, 0.25) is 0 Å². The van der Waals surface area contributed by atoms with Gasteiger partial charge in [0.15, 0.2) is 24.4 Å². The lowest BCUT2D eigenvalue weighted by atomic mass is 10.0. The van der Waals surface area contributed by atoms with E-state index in [1.807, 2.05) is 0 Å². The first-order chi connectivity index (χ1) is 12.1. The maximum atomic E-state index is 11.6. The molecule has 1 aliphatic rings. The smallest absolute Gasteiger partial charge is 0.303 e. The standard InChI is InChI=1S/C17H23NO8/c1-6-7-18-8-14(23-10(2)19)16(25-12(4)21)17(26-13(5)22)15(9-18)24-11(3)20/h1,14-17H,7-9H2,2-5H3/t14-,15-,16-,17-/m1/s1. The van der Waals surface area contributed by atoms with Crippen molar-refractivity contribution in [1.29, 1.82) is 0 Å². The highest BCUT2D eigenvalue weighted by atomic mass is 16.6. The zero-order valence-electron chi connectivity index (χ0n) is 15.2. The van der Waals surface area contributed by atoms with Gasteiger partial charge in [0.2, 0.25) is 0 Å². The minimum Gasteiger partial charge on any atom is -0.457 e. The first-order valence-corrected chi connectivity index (χ1v) is 7.98. The fraction of sp³-hybridized carbons (Fsp3) is 0.647. The van der Waals surface area contributed by atoms with Crippen molar-refractivity contribution in [3.8, 4) is 12.3 Å². The molecule has 0 aliphatic carbocycles. The molecule has 1 heterocycles. The predicted octanol–water partition coefficient (Wildman–Crippen LogP) is -0.338. The summed E-state index contributed by atoms with van der Waals surface area (Å²) in [5.74, 6) is -0.108. The summed E-state index contributed by atoms with van der Waals surface area (Å²) in [6.45, 7) is 5.11. The van der Waals surface area contributed by atoms with Gasteiger partial charge in [0.05, 0.1) is 6.54 Å². The van der Waals surface area contributed by atoms with Crippen molar-refractivity contribution in [1.82, 2.24) is 4.90 Å². The maximum absolute atomic E-state index is 11.6. The van der Waals surface area contributed by atoms with E-state index in [1.165, 1.54) is 27.7 Å². The fourth-order valence-corrected chi connectivity index (χ4v) is 2.78. The third-order valence-electron chi connectivity index (χ3n) is 3.49. The third-order valence-corrected chi connectivity index (χ3v) is 3.49. The van der Waals surface area contributed by atoms with Crippen LogP contribution in [0, 0.1) is 12.3 Å². The topological polar surface area (TPSA) is 108 Å². The fourth-order valence-electron chi connectivity index (χ4n) is 2.78. The molecule has 1 saturated heterocycles. The molecule has 1 fully saturated rings. The summed E-state index contributed by atoms with van der Waals surface area (Å²) in [5, 5.41) is 0. The van der Waals surface area contributed by atoms with Crippen LogP contribution >= 0.6 is 0 Å². The summed E-state index contributed by atoms with van der Waals surface area (Å²) in [5.41, 5.74) is 0. The number of nitrogens with zero attached hydrogens (tertiary/aromatic N) is 1. The molecule has 9 heteroatoms. The maximum Gasteiger partial charge on any atom is 0.303 e. The zero-order valence-corrected chi connectivity index (χ0v) is 15.2. The van der Waals surface area contributed by atoms with Crippen LogP contribution in [0.25, 0.3) is 0 Å². The molecular formula is C17H23NO8. The summed E-state index contributed by atoms with van der Waals surface area (Å²) in [6, 6.07) is 0. The van der Waals surface area contributed by atoms with Gasteiger partial charge in [-0.3, -0.25) is 24.1 Å². The molecule has 0 bridgehead atoms. The number of rotatable bonds is 5. The van der Waals surface area contributed by atoms with Gasteiger partial charge in [-0.2, -0.15) is 0 Å².